The Balaban J connectivity index is 1.41. The van der Waals surface area contributed by atoms with Crippen LogP contribution in [0.25, 0.3) is 0 Å². The van der Waals surface area contributed by atoms with Crippen LogP contribution in [-0.2, 0) is 11.2 Å². The molecule has 5 nitrogen and oxygen atoms in total. The summed E-state index contributed by atoms with van der Waals surface area (Å²) in [6.07, 6.45) is 0.370. The number of ether oxygens (including phenoxy) is 2. The zero-order valence-corrected chi connectivity index (χ0v) is 16.8. The first-order valence-electron chi connectivity index (χ1n) is 9.59. The zero-order valence-electron chi connectivity index (χ0n) is 16.8. The van der Waals surface area contributed by atoms with Gasteiger partial charge in [-0.2, -0.15) is 0 Å². The summed E-state index contributed by atoms with van der Waals surface area (Å²) < 4.78 is 10.8. The van der Waals surface area contributed by atoms with E-state index in [0.717, 1.165) is 34.0 Å². The molecule has 150 valence electrons. The number of carbonyl (C=O) groups excluding carboxylic acids is 1. The van der Waals surface area contributed by atoms with Crippen molar-refractivity contribution >= 4 is 17.3 Å². The molecule has 0 spiro atoms. The van der Waals surface area contributed by atoms with Crippen molar-refractivity contribution in [3.8, 4) is 11.5 Å². The van der Waals surface area contributed by atoms with Gasteiger partial charge >= 0.3 is 0 Å². The Labute approximate surface area is 171 Å². The summed E-state index contributed by atoms with van der Waals surface area (Å²) in [7, 11) is 1.64. The lowest BCUT2D eigenvalue weighted by atomic mass is 10.1. The molecule has 0 radical (unpaired) electrons. The molecule has 0 aliphatic carbocycles. The summed E-state index contributed by atoms with van der Waals surface area (Å²) in [6.45, 7) is 3.23. The maximum atomic E-state index is 12.3. The molecule has 0 aliphatic heterocycles. The van der Waals surface area contributed by atoms with E-state index in [9.17, 15) is 4.79 Å². The number of anilines is 2. The van der Waals surface area contributed by atoms with Crippen LogP contribution in [0.4, 0.5) is 11.4 Å². The highest BCUT2D eigenvalue weighted by Gasteiger charge is 2.06. The van der Waals surface area contributed by atoms with Gasteiger partial charge in [0.15, 0.2) is 0 Å². The molecule has 0 fully saturated rings. The number of hydrogen-bond donors (Lipinski definition) is 2. The standard InChI is InChI=1S/C24H26N2O3/c1-18-5-3-4-6-19(18)17-24(27)26-21-9-7-20(8-10-21)25-15-16-29-23-13-11-22(28-2)12-14-23/h3-14,25H,15-17H2,1-2H3,(H,26,27). The molecule has 0 aliphatic rings. The second-order valence-corrected chi connectivity index (χ2v) is 6.68. The Kier molecular flexibility index (Phi) is 7.11. The predicted octanol–water partition coefficient (Wildman–Crippen LogP) is 4.68. The van der Waals surface area contributed by atoms with Gasteiger partial charge < -0.3 is 20.1 Å². The molecule has 0 heterocycles. The van der Waals surface area contributed by atoms with E-state index >= 15 is 0 Å². The molecular formula is C24H26N2O3. The molecule has 0 atom stereocenters. The Morgan fingerprint density at radius 2 is 1.52 bits per heavy atom. The van der Waals surface area contributed by atoms with Crippen molar-refractivity contribution in [2.45, 2.75) is 13.3 Å². The summed E-state index contributed by atoms with van der Waals surface area (Å²) in [5.41, 5.74) is 3.92. The normalized spacial score (nSPS) is 10.3. The fourth-order valence-electron chi connectivity index (χ4n) is 2.89. The van der Waals surface area contributed by atoms with Gasteiger partial charge in [-0.15, -0.1) is 0 Å². The quantitative estimate of drug-likeness (QED) is 0.521. The first-order valence-corrected chi connectivity index (χ1v) is 9.59. The number of nitrogens with one attached hydrogen (secondary N) is 2. The number of aryl methyl sites for hydroxylation is 1. The van der Waals surface area contributed by atoms with Gasteiger partial charge in [-0.1, -0.05) is 24.3 Å². The lowest BCUT2D eigenvalue weighted by molar-refractivity contribution is -0.115. The first-order chi connectivity index (χ1) is 14.1. The molecule has 0 unspecified atom stereocenters. The van der Waals surface area contributed by atoms with Crippen molar-refractivity contribution in [3.63, 3.8) is 0 Å². The van der Waals surface area contributed by atoms with Crippen molar-refractivity contribution in [1.82, 2.24) is 0 Å². The number of rotatable bonds is 9. The van der Waals surface area contributed by atoms with Crippen LogP contribution in [0.5, 0.6) is 11.5 Å². The minimum Gasteiger partial charge on any atom is -0.497 e. The minimum absolute atomic E-state index is 0.0205. The molecule has 0 saturated heterocycles. The van der Waals surface area contributed by atoms with Crippen LogP contribution in [0, 0.1) is 6.92 Å². The highest BCUT2D eigenvalue weighted by atomic mass is 16.5. The third-order valence-corrected chi connectivity index (χ3v) is 4.54. The van der Waals surface area contributed by atoms with Crippen molar-refractivity contribution < 1.29 is 14.3 Å². The first kappa shape index (κ1) is 20.3. The Morgan fingerprint density at radius 3 is 2.21 bits per heavy atom. The van der Waals surface area contributed by atoms with E-state index in [1.165, 1.54) is 0 Å². The average molecular weight is 390 g/mol. The molecular weight excluding hydrogens is 364 g/mol. The van der Waals surface area contributed by atoms with Crippen LogP contribution in [0.3, 0.4) is 0 Å². The molecule has 2 N–H and O–H groups in total. The number of carbonyl (C=O) groups is 1. The van der Waals surface area contributed by atoms with Crippen LogP contribution in [0.15, 0.2) is 72.8 Å². The maximum absolute atomic E-state index is 12.3. The molecule has 3 aromatic carbocycles. The smallest absolute Gasteiger partial charge is 0.228 e. The Morgan fingerprint density at radius 1 is 0.862 bits per heavy atom. The van der Waals surface area contributed by atoms with Crippen LogP contribution in [0.1, 0.15) is 11.1 Å². The topological polar surface area (TPSA) is 59.6 Å². The number of methoxy groups -OCH3 is 1. The zero-order chi connectivity index (χ0) is 20.5. The van der Waals surface area contributed by atoms with Crippen LogP contribution < -0.4 is 20.1 Å². The lowest BCUT2D eigenvalue weighted by Gasteiger charge is -2.11. The highest BCUT2D eigenvalue weighted by molar-refractivity contribution is 5.92. The van der Waals surface area contributed by atoms with Gasteiger partial charge in [0.05, 0.1) is 13.5 Å². The van der Waals surface area contributed by atoms with Gasteiger partial charge in [0.25, 0.3) is 0 Å². The molecule has 0 bridgehead atoms. The van der Waals surface area contributed by atoms with Crippen molar-refractivity contribution in [3.05, 3.63) is 83.9 Å². The van der Waals surface area contributed by atoms with Crippen molar-refractivity contribution in [2.75, 3.05) is 30.9 Å². The number of benzene rings is 3. The van der Waals surface area contributed by atoms with E-state index in [-0.39, 0.29) is 5.91 Å². The molecule has 3 rings (SSSR count). The number of amides is 1. The Bertz CT molecular complexity index is 922. The van der Waals surface area contributed by atoms with E-state index < -0.39 is 0 Å². The highest BCUT2D eigenvalue weighted by Crippen LogP contribution is 2.17. The fourth-order valence-corrected chi connectivity index (χ4v) is 2.89. The van der Waals surface area contributed by atoms with Crippen molar-refractivity contribution in [1.29, 1.82) is 0 Å². The SMILES string of the molecule is COc1ccc(OCCNc2ccc(NC(=O)Cc3ccccc3C)cc2)cc1. The molecule has 0 saturated carbocycles. The molecule has 29 heavy (non-hydrogen) atoms. The van der Waals surface area contributed by atoms with E-state index in [4.69, 9.17) is 9.47 Å². The van der Waals surface area contributed by atoms with Gasteiger partial charge in [-0.05, 0) is 66.6 Å². The second kappa shape index (κ2) is 10.2. The van der Waals surface area contributed by atoms with Gasteiger partial charge in [0.1, 0.15) is 18.1 Å². The van der Waals surface area contributed by atoms with Crippen molar-refractivity contribution in [2.24, 2.45) is 0 Å². The molecule has 3 aromatic rings. The molecule has 5 heteroatoms. The van der Waals surface area contributed by atoms with Crippen LogP contribution in [-0.4, -0.2) is 26.2 Å². The lowest BCUT2D eigenvalue weighted by Crippen LogP contribution is -2.15. The van der Waals surface area contributed by atoms with Crippen LogP contribution >= 0.6 is 0 Å². The third-order valence-electron chi connectivity index (χ3n) is 4.54. The van der Waals surface area contributed by atoms with Gasteiger partial charge in [0, 0.05) is 17.9 Å². The van der Waals surface area contributed by atoms with Gasteiger partial charge in [-0.3, -0.25) is 4.79 Å². The van der Waals surface area contributed by atoms with E-state index in [0.29, 0.717) is 19.6 Å². The second-order valence-electron chi connectivity index (χ2n) is 6.68. The fraction of sp³-hybridized carbons (Fsp3) is 0.208. The average Bonchev–Trinajstić information content (AvgIpc) is 2.74. The summed E-state index contributed by atoms with van der Waals surface area (Å²) in [6, 6.07) is 23.1. The monoisotopic (exact) mass is 390 g/mol. The summed E-state index contributed by atoms with van der Waals surface area (Å²) in [5, 5.41) is 6.24. The molecule has 0 aromatic heterocycles. The molecule has 1 amide bonds. The Hall–Kier alpha value is -3.47. The van der Waals surface area contributed by atoms with E-state index in [1.54, 1.807) is 7.11 Å². The predicted molar refractivity (Wildman–Crippen MR) is 117 cm³/mol. The third kappa shape index (κ3) is 6.28. The summed E-state index contributed by atoms with van der Waals surface area (Å²) >= 11 is 0. The largest absolute Gasteiger partial charge is 0.497 e. The van der Waals surface area contributed by atoms with Gasteiger partial charge in [-0.25, -0.2) is 0 Å². The van der Waals surface area contributed by atoms with Crippen LogP contribution in [0.2, 0.25) is 0 Å². The maximum Gasteiger partial charge on any atom is 0.228 e. The number of hydrogen-bond acceptors (Lipinski definition) is 4. The van der Waals surface area contributed by atoms with E-state index in [2.05, 4.69) is 10.6 Å². The van der Waals surface area contributed by atoms with E-state index in [1.807, 2.05) is 79.7 Å². The van der Waals surface area contributed by atoms with Gasteiger partial charge in [0.2, 0.25) is 5.91 Å². The minimum atomic E-state index is -0.0205. The summed E-state index contributed by atoms with van der Waals surface area (Å²) in [4.78, 5) is 12.3. The summed E-state index contributed by atoms with van der Waals surface area (Å²) in [5.74, 6) is 1.59.